The van der Waals surface area contributed by atoms with E-state index in [9.17, 15) is 9.90 Å². The number of H-pyrrole nitrogens is 1. The Morgan fingerprint density at radius 3 is 2.81 bits per heavy atom. The molecule has 2 saturated carbocycles. The van der Waals surface area contributed by atoms with Gasteiger partial charge in [0.2, 0.25) is 5.91 Å². The van der Waals surface area contributed by atoms with Crippen molar-refractivity contribution < 1.29 is 9.90 Å². The van der Waals surface area contributed by atoms with E-state index in [1.807, 2.05) is 18.5 Å². The third-order valence-electron chi connectivity index (χ3n) is 7.01. The average Bonchev–Trinajstić information content (AvgIpc) is 2.98. The van der Waals surface area contributed by atoms with E-state index in [-0.39, 0.29) is 23.9 Å². The minimum Gasteiger partial charge on any atom is -0.390 e. The summed E-state index contributed by atoms with van der Waals surface area (Å²) in [5.41, 5.74) is 2.78. The topological polar surface area (TPSA) is 69.2 Å². The number of pyridine rings is 1. The Bertz CT molecular complexity index is 857. The predicted molar refractivity (Wildman–Crippen MR) is 99.8 cm³/mol. The summed E-state index contributed by atoms with van der Waals surface area (Å²) in [7, 11) is 0. The SMILES string of the molecule is Cc1ccnc2[nH]cc(C(C)CC(=O)N3C4CC5CC3CC(O)(C5)C4)c12. The first kappa shape index (κ1) is 16.3. The van der Waals surface area contributed by atoms with Crippen molar-refractivity contribution in [3.05, 3.63) is 29.6 Å². The van der Waals surface area contributed by atoms with E-state index < -0.39 is 5.60 Å². The number of nitrogens with one attached hydrogen (secondary N) is 1. The van der Waals surface area contributed by atoms with Crippen molar-refractivity contribution in [3.63, 3.8) is 0 Å². The molecule has 2 aromatic rings. The molecule has 0 spiro atoms. The van der Waals surface area contributed by atoms with Crippen LogP contribution in [0.4, 0.5) is 0 Å². The normalized spacial score (nSPS) is 33.8. The van der Waals surface area contributed by atoms with Gasteiger partial charge in [-0.2, -0.15) is 0 Å². The van der Waals surface area contributed by atoms with Crippen LogP contribution in [0.2, 0.25) is 0 Å². The summed E-state index contributed by atoms with van der Waals surface area (Å²) < 4.78 is 0. The van der Waals surface area contributed by atoms with Gasteiger partial charge in [-0.1, -0.05) is 6.92 Å². The van der Waals surface area contributed by atoms with Crippen molar-refractivity contribution in [3.8, 4) is 0 Å². The number of fused-ring (bicyclic) bond motifs is 1. The standard InChI is InChI=1S/C21H27N3O2/c1-12-3-4-22-20-19(12)17(11-23-20)13(2)5-18(25)24-15-6-14-7-16(24)10-21(26,8-14)9-15/h3-4,11,13-16,26H,5-10H2,1-2H3,(H,22,23). The molecule has 6 rings (SSSR count). The molecule has 1 amide bonds. The molecule has 0 aromatic carbocycles. The Morgan fingerprint density at radius 1 is 1.38 bits per heavy atom. The fourth-order valence-electron chi connectivity index (χ4n) is 6.11. The highest BCUT2D eigenvalue weighted by molar-refractivity contribution is 5.85. The highest BCUT2D eigenvalue weighted by Crippen LogP contribution is 2.51. The van der Waals surface area contributed by atoms with Crippen LogP contribution in [0.1, 0.15) is 62.5 Å². The van der Waals surface area contributed by atoms with E-state index in [0.717, 1.165) is 43.1 Å². The Balaban J connectivity index is 1.37. The summed E-state index contributed by atoms with van der Waals surface area (Å²) in [6, 6.07) is 2.52. The summed E-state index contributed by atoms with van der Waals surface area (Å²) >= 11 is 0. The average molecular weight is 353 g/mol. The first-order valence-electron chi connectivity index (χ1n) is 9.90. The molecule has 26 heavy (non-hydrogen) atoms. The number of hydrogen-bond donors (Lipinski definition) is 2. The minimum absolute atomic E-state index is 0.152. The van der Waals surface area contributed by atoms with Gasteiger partial charge in [0.25, 0.3) is 0 Å². The van der Waals surface area contributed by atoms with E-state index >= 15 is 0 Å². The monoisotopic (exact) mass is 353 g/mol. The number of nitrogens with zero attached hydrogens (tertiary/aromatic N) is 2. The molecular weight excluding hydrogens is 326 g/mol. The van der Waals surface area contributed by atoms with E-state index in [4.69, 9.17) is 0 Å². The fourth-order valence-corrected chi connectivity index (χ4v) is 6.11. The van der Waals surface area contributed by atoms with E-state index in [0.29, 0.717) is 12.3 Å². The van der Waals surface area contributed by atoms with Gasteiger partial charge >= 0.3 is 0 Å². The minimum atomic E-state index is -0.501. The Hall–Kier alpha value is -1.88. The van der Waals surface area contributed by atoms with Crippen molar-refractivity contribution in [2.24, 2.45) is 5.92 Å². The molecule has 4 aliphatic rings. The van der Waals surface area contributed by atoms with Gasteiger partial charge < -0.3 is 15.0 Å². The van der Waals surface area contributed by atoms with Crippen LogP contribution in [0.5, 0.6) is 0 Å². The summed E-state index contributed by atoms with van der Waals surface area (Å²) in [6.07, 6.45) is 9.00. The van der Waals surface area contributed by atoms with Crippen LogP contribution in [0.3, 0.4) is 0 Å². The molecule has 0 radical (unpaired) electrons. The Morgan fingerprint density at radius 2 is 2.12 bits per heavy atom. The number of piperidine rings is 2. The molecular formula is C21H27N3O2. The lowest BCUT2D eigenvalue weighted by Crippen LogP contribution is -2.65. The Kier molecular flexibility index (Phi) is 3.48. The maximum atomic E-state index is 13.2. The van der Waals surface area contributed by atoms with Gasteiger partial charge in [0.15, 0.2) is 0 Å². The zero-order valence-electron chi connectivity index (χ0n) is 15.5. The number of hydrogen-bond acceptors (Lipinski definition) is 3. The molecule has 3 atom stereocenters. The number of rotatable bonds is 3. The van der Waals surface area contributed by atoms with E-state index in [1.54, 1.807) is 0 Å². The number of aromatic nitrogens is 2. The highest BCUT2D eigenvalue weighted by atomic mass is 16.3. The molecule has 4 fully saturated rings. The van der Waals surface area contributed by atoms with Gasteiger partial charge in [-0.15, -0.1) is 0 Å². The maximum Gasteiger partial charge on any atom is 0.223 e. The van der Waals surface area contributed by atoms with Crippen LogP contribution in [0.15, 0.2) is 18.5 Å². The molecule has 2 saturated heterocycles. The van der Waals surface area contributed by atoms with Crippen LogP contribution in [0.25, 0.3) is 11.0 Å². The van der Waals surface area contributed by atoms with Crippen molar-refractivity contribution in [2.75, 3.05) is 0 Å². The number of aromatic amines is 1. The van der Waals surface area contributed by atoms with Gasteiger partial charge in [0.05, 0.1) is 5.60 Å². The summed E-state index contributed by atoms with van der Waals surface area (Å²) in [5.74, 6) is 1.02. The second-order valence-corrected chi connectivity index (χ2v) is 8.98. The maximum absolute atomic E-state index is 13.2. The molecule has 5 heteroatoms. The third kappa shape index (κ3) is 2.40. The quantitative estimate of drug-likeness (QED) is 0.890. The highest BCUT2D eigenvalue weighted by Gasteiger charge is 2.54. The largest absolute Gasteiger partial charge is 0.390 e. The number of carbonyl (C=O) groups is 1. The predicted octanol–water partition coefficient (Wildman–Crippen LogP) is 3.27. The van der Waals surface area contributed by atoms with Crippen molar-refractivity contribution >= 4 is 16.9 Å². The lowest BCUT2D eigenvalue weighted by Gasteiger charge is -2.59. The molecule has 138 valence electrons. The smallest absolute Gasteiger partial charge is 0.223 e. The van der Waals surface area contributed by atoms with Gasteiger partial charge in [-0.05, 0) is 68.1 Å². The van der Waals surface area contributed by atoms with Crippen molar-refractivity contribution in [1.82, 2.24) is 14.9 Å². The van der Waals surface area contributed by atoms with Crippen LogP contribution in [0, 0.1) is 12.8 Å². The zero-order chi connectivity index (χ0) is 18.1. The molecule has 2 N–H and O–H groups in total. The van der Waals surface area contributed by atoms with Gasteiger partial charge in [0, 0.05) is 36.3 Å². The number of amides is 1. The number of carbonyl (C=O) groups excluding carboxylic acids is 1. The van der Waals surface area contributed by atoms with Crippen LogP contribution >= 0.6 is 0 Å². The molecule has 4 heterocycles. The van der Waals surface area contributed by atoms with Gasteiger partial charge in [0.1, 0.15) is 5.65 Å². The molecule has 4 bridgehead atoms. The Labute approximate surface area is 153 Å². The number of aliphatic hydroxyl groups is 1. The molecule has 5 nitrogen and oxygen atoms in total. The van der Waals surface area contributed by atoms with Crippen LogP contribution in [-0.4, -0.2) is 43.6 Å². The lowest BCUT2D eigenvalue weighted by atomic mass is 9.61. The molecule has 2 aromatic heterocycles. The second-order valence-electron chi connectivity index (χ2n) is 8.98. The molecule has 3 unspecified atom stereocenters. The van der Waals surface area contributed by atoms with Crippen molar-refractivity contribution in [1.29, 1.82) is 0 Å². The van der Waals surface area contributed by atoms with E-state index in [1.165, 1.54) is 11.1 Å². The molecule has 2 aliphatic carbocycles. The van der Waals surface area contributed by atoms with E-state index in [2.05, 4.69) is 28.7 Å². The summed E-state index contributed by atoms with van der Waals surface area (Å²) in [6.45, 7) is 4.23. The summed E-state index contributed by atoms with van der Waals surface area (Å²) in [5, 5.41) is 11.9. The first-order valence-corrected chi connectivity index (χ1v) is 9.90. The third-order valence-corrected chi connectivity index (χ3v) is 7.01. The van der Waals surface area contributed by atoms with Crippen LogP contribution in [-0.2, 0) is 4.79 Å². The lowest BCUT2D eigenvalue weighted by molar-refractivity contribution is -0.174. The van der Waals surface area contributed by atoms with Crippen molar-refractivity contribution in [2.45, 2.75) is 76.0 Å². The first-order chi connectivity index (χ1) is 12.4. The molecule has 2 aliphatic heterocycles. The van der Waals surface area contributed by atoms with Gasteiger partial charge in [-0.25, -0.2) is 4.98 Å². The summed E-state index contributed by atoms with van der Waals surface area (Å²) in [4.78, 5) is 23.0. The number of aryl methyl sites for hydroxylation is 1. The second kappa shape index (κ2) is 5.56. The zero-order valence-corrected chi connectivity index (χ0v) is 15.5. The van der Waals surface area contributed by atoms with Gasteiger partial charge in [-0.3, -0.25) is 4.79 Å². The van der Waals surface area contributed by atoms with Crippen LogP contribution < -0.4 is 0 Å². The fraction of sp³-hybridized carbons (Fsp3) is 0.619.